The van der Waals surface area contributed by atoms with Gasteiger partial charge in [-0.15, -0.1) is 0 Å². The van der Waals surface area contributed by atoms with Crippen molar-refractivity contribution >= 4 is 50.7 Å². The summed E-state index contributed by atoms with van der Waals surface area (Å²) >= 11 is 11.7. The van der Waals surface area contributed by atoms with E-state index < -0.39 is 56.9 Å². The molecule has 2 atom stereocenters. The van der Waals surface area contributed by atoms with E-state index in [9.17, 15) is 31.2 Å². The van der Waals surface area contributed by atoms with Crippen molar-refractivity contribution < 1.29 is 31.2 Å². The van der Waals surface area contributed by atoms with Gasteiger partial charge in [0.25, 0.3) is 0 Å². The second-order valence-electron chi connectivity index (χ2n) is 8.58. The van der Waals surface area contributed by atoms with E-state index in [1.165, 1.54) is 6.92 Å². The van der Waals surface area contributed by atoms with E-state index in [0.29, 0.717) is 27.4 Å². The molecule has 0 aromatic heterocycles. The van der Waals surface area contributed by atoms with Crippen molar-refractivity contribution in [2.75, 3.05) is 17.1 Å². The molecule has 0 saturated carbocycles. The van der Waals surface area contributed by atoms with Crippen LogP contribution < -0.4 is 9.62 Å². The van der Waals surface area contributed by atoms with Gasteiger partial charge in [-0.1, -0.05) is 42.3 Å². The highest BCUT2D eigenvalue weighted by atomic mass is 35.5. The molecule has 2 amide bonds. The van der Waals surface area contributed by atoms with Crippen LogP contribution in [0.2, 0.25) is 10.0 Å². The number of halogens is 5. The average molecular weight is 582 g/mol. The molecule has 2 aromatic carbocycles. The van der Waals surface area contributed by atoms with Crippen LogP contribution in [-0.4, -0.2) is 50.0 Å². The van der Waals surface area contributed by atoms with Gasteiger partial charge in [0.2, 0.25) is 21.8 Å². The van der Waals surface area contributed by atoms with Gasteiger partial charge >= 0.3 is 6.18 Å². The van der Waals surface area contributed by atoms with E-state index in [4.69, 9.17) is 23.2 Å². The Hall–Kier alpha value is -2.50. The lowest BCUT2D eigenvalue weighted by Gasteiger charge is -2.32. The van der Waals surface area contributed by atoms with Crippen molar-refractivity contribution in [2.24, 2.45) is 0 Å². The van der Waals surface area contributed by atoms with Gasteiger partial charge in [0.1, 0.15) is 12.6 Å². The van der Waals surface area contributed by atoms with Gasteiger partial charge in [-0.3, -0.25) is 13.9 Å². The van der Waals surface area contributed by atoms with Crippen molar-refractivity contribution in [1.82, 2.24) is 10.2 Å². The molecule has 0 aliphatic heterocycles. The third-order valence-electron chi connectivity index (χ3n) is 5.63. The summed E-state index contributed by atoms with van der Waals surface area (Å²) in [5, 5.41) is 2.55. The fourth-order valence-corrected chi connectivity index (χ4v) is 4.66. The van der Waals surface area contributed by atoms with Crippen LogP contribution in [0.5, 0.6) is 0 Å². The molecule has 13 heteroatoms. The SMILES string of the molecule is CC[C@H](C)NC(=O)[C@@H](C)N(Cc1cccc(Cl)c1)C(=O)CN(c1ccc(Cl)c(C(F)(F)F)c1)S(C)(=O)=O. The summed E-state index contributed by atoms with van der Waals surface area (Å²) in [5.41, 5.74) is -1.07. The molecule has 1 N–H and O–H groups in total. The molecule has 0 unspecified atom stereocenters. The highest BCUT2D eigenvalue weighted by Crippen LogP contribution is 2.37. The normalized spacial score (nSPS) is 13.5. The molecule has 2 rings (SSSR count). The van der Waals surface area contributed by atoms with Gasteiger partial charge in [0.05, 0.1) is 22.5 Å². The summed E-state index contributed by atoms with van der Waals surface area (Å²) in [5.74, 6) is -1.28. The van der Waals surface area contributed by atoms with E-state index in [-0.39, 0.29) is 12.6 Å². The Bertz CT molecular complexity index is 1240. The first kappa shape index (κ1) is 30.7. The van der Waals surface area contributed by atoms with Crippen LogP contribution >= 0.6 is 23.2 Å². The number of alkyl halides is 3. The third-order valence-corrected chi connectivity index (χ3v) is 7.34. The van der Waals surface area contributed by atoms with Crippen LogP contribution in [0.3, 0.4) is 0 Å². The standard InChI is InChI=1S/C24H28Cl2F3N3O4S/c1-5-15(2)30-23(34)16(3)31(13-17-7-6-8-18(25)11-17)22(33)14-32(37(4,35)36)19-9-10-21(26)20(12-19)24(27,28)29/h6-12,15-16H,5,13-14H2,1-4H3,(H,30,34)/t15-,16+/m0/s1. The molecule has 0 fully saturated rings. The lowest BCUT2D eigenvalue weighted by Crippen LogP contribution is -2.52. The second-order valence-corrected chi connectivity index (χ2v) is 11.3. The molecule has 0 spiro atoms. The average Bonchev–Trinajstić information content (AvgIpc) is 2.79. The molecule has 0 aliphatic rings. The van der Waals surface area contributed by atoms with Gasteiger partial charge < -0.3 is 10.2 Å². The van der Waals surface area contributed by atoms with E-state index in [1.807, 2.05) is 6.92 Å². The maximum Gasteiger partial charge on any atom is 0.417 e. The smallest absolute Gasteiger partial charge is 0.352 e. The number of nitrogens with zero attached hydrogens (tertiary/aromatic N) is 2. The third kappa shape index (κ3) is 8.51. The van der Waals surface area contributed by atoms with Gasteiger partial charge in [0.15, 0.2) is 0 Å². The Morgan fingerprint density at radius 1 is 1.08 bits per heavy atom. The fraction of sp³-hybridized carbons (Fsp3) is 0.417. The zero-order valence-electron chi connectivity index (χ0n) is 20.6. The summed E-state index contributed by atoms with van der Waals surface area (Å²) < 4.78 is 65.9. The van der Waals surface area contributed by atoms with Crippen molar-refractivity contribution in [2.45, 2.75) is 52.0 Å². The first-order chi connectivity index (χ1) is 17.0. The second kappa shape index (κ2) is 12.4. The summed E-state index contributed by atoms with van der Waals surface area (Å²) in [6.07, 6.45) is -3.44. The summed E-state index contributed by atoms with van der Waals surface area (Å²) in [4.78, 5) is 27.5. The number of carbonyl (C=O) groups excluding carboxylic acids is 2. The molecule has 0 aliphatic carbocycles. The number of hydrogen-bond acceptors (Lipinski definition) is 4. The van der Waals surface area contributed by atoms with Gasteiger partial charge in [-0.2, -0.15) is 13.2 Å². The molecule has 7 nitrogen and oxygen atoms in total. The summed E-state index contributed by atoms with van der Waals surface area (Å²) in [6, 6.07) is 7.88. The predicted molar refractivity (Wildman–Crippen MR) is 138 cm³/mol. The maximum absolute atomic E-state index is 13.5. The topological polar surface area (TPSA) is 86.8 Å². The van der Waals surface area contributed by atoms with E-state index >= 15 is 0 Å². The van der Waals surface area contributed by atoms with Crippen LogP contribution in [0, 0.1) is 0 Å². The first-order valence-electron chi connectivity index (χ1n) is 11.2. The van der Waals surface area contributed by atoms with Gasteiger partial charge in [-0.05, 0) is 56.2 Å². The molecule has 0 bridgehead atoms. The number of benzene rings is 2. The van der Waals surface area contributed by atoms with Crippen molar-refractivity contribution in [3.05, 3.63) is 63.6 Å². The Morgan fingerprint density at radius 2 is 1.73 bits per heavy atom. The minimum Gasteiger partial charge on any atom is -0.352 e. The Morgan fingerprint density at radius 3 is 2.27 bits per heavy atom. The predicted octanol–water partition coefficient (Wildman–Crippen LogP) is 5.11. The van der Waals surface area contributed by atoms with E-state index in [1.54, 1.807) is 31.2 Å². The van der Waals surface area contributed by atoms with Crippen molar-refractivity contribution in [1.29, 1.82) is 0 Å². The summed E-state index contributed by atoms with van der Waals surface area (Å²) in [7, 11) is -4.22. The quantitative estimate of drug-likeness (QED) is 0.422. The minimum atomic E-state index is -4.85. The molecule has 2 aromatic rings. The zero-order chi connectivity index (χ0) is 28.1. The number of nitrogens with one attached hydrogen (secondary N) is 1. The Balaban J connectivity index is 2.48. The number of anilines is 1. The van der Waals surface area contributed by atoms with E-state index in [2.05, 4.69) is 5.32 Å². The van der Waals surface area contributed by atoms with Crippen LogP contribution in [0.1, 0.15) is 38.3 Å². The fourth-order valence-electron chi connectivity index (χ4n) is 3.38. The van der Waals surface area contributed by atoms with Crippen LogP contribution in [0.25, 0.3) is 0 Å². The molecule has 204 valence electrons. The van der Waals surface area contributed by atoms with E-state index in [0.717, 1.165) is 23.3 Å². The minimum absolute atomic E-state index is 0.0967. The lowest BCUT2D eigenvalue weighted by atomic mass is 10.1. The van der Waals surface area contributed by atoms with Gasteiger partial charge in [-0.25, -0.2) is 8.42 Å². The summed E-state index contributed by atoms with van der Waals surface area (Å²) in [6.45, 7) is 4.20. The monoisotopic (exact) mass is 581 g/mol. The largest absolute Gasteiger partial charge is 0.417 e. The van der Waals surface area contributed by atoms with Crippen LogP contribution in [-0.2, 0) is 32.3 Å². The lowest BCUT2D eigenvalue weighted by molar-refractivity contribution is -0.139. The van der Waals surface area contributed by atoms with Crippen LogP contribution in [0.4, 0.5) is 18.9 Å². The van der Waals surface area contributed by atoms with Gasteiger partial charge in [0, 0.05) is 17.6 Å². The van der Waals surface area contributed by atoms with Crippen molar-refractivity contribution in [3.63, 3.8) is 0 Å². The Kier molecular flexibility index (Phi) is 10.3. The molecule has 0 saturated heterocycles. The molecule has 0 radical (unpaired) electrons. The number of amides is 2. The number of hydrogen-bond donors (Lipinski definition) is 1. The molecular weight excluding hydrogens is 554 g/mol. The van der Waals surface area contributed by atoms with Crippen molar-refractivity contribution in [3.8, 4) is 0 Å². The number of rotatable bonds is 10. The molecule has 0 heterocycles. The Labute approximate surface area is 224 Å². The van der Waals surface area contributed by atoms with Crippen LogP contribution in [0.15, 0.2) is 42.5 Å². The highest BCUT2D eigenvalue weighted by Gasteiger charge is 2.35. The molecule has 37 heavy (non-hydrogen) atoms. The number of carbonyl (C=O) groups is 2. The maximum atomic E-state index is 13.5. The zero-order valence-corrected chi connectivity index (χ0v) is 23.0. The number of sulfonamides is 1. The highest BCUT2D eigenvalue weighted by molar-refractivity contribution is 7.92. The first-order valence-corrected chi connectivity index (χ1v) is 13.8. The molecular formula is C24H28Cl2F3N3O4S.